The SMILES string of the molecule is Cc1cccc(-n2nc(C(C)(C)C)cc2NC(=O)c2ccc3nccn3c2)c1. The van der Waals surface area contributed by atoms with Gasteiger partial charge in [0.1, 0.15) is 11.5 Å². The molecule has 28 heavy (non-hydrogen) atoms. The second-order valence-electron chi connectivity index (χ2n) is 7.98. The fraction of sp³-hybridized carbons (Fsp3) is 0.227. The number of carbonyl (C=O) groups excluding carboxylic acids is 1. The zero-order valence-electron chi connectivity index (χ0n) is 16.5. The molecule has 0 unspecified atom stereocenters. The standard InChI is InChI=1S/C22H23N5O/c1-15-6-5-7-17(12-15)27-20(13-18(25-27)22(2,3)4)24-21(28)16-8-9-19-23-10-11-26(19)14-16/h5-14H,1-4H3,(H,24,28). The topological polar surface area (TPSA) is 64.2 Å². The lowest BCUT2D eigenvalue weighted by Gasteiger charge is -2.14. The van der Waals surface area contributed by atoms with Crippen LogP contribution in [0.2, 0.25) is 0 Å². The first-order valence-electron chi connectivity index (χ1n) is 9.23. The van der Waals surface area contributed by atoms with Gasteiger partial charge in [-0.2, -0.15) is 5.10 Å². The van der Waals surface area contributed by atoms with Crippen LogP contribution >= 0.6 is 0 Å². The molecule has 3 heterocycles. The lowest BCUT2D eigenvalue weighted by atomic mass is 9.92. The van der Waals surface area contributed by atoms with Crippen molar-refractivity contribution in [1.82, 2.24) is 19.2 Å². The van der Waals surface area contributed by atoms with E-state index in [1.165, 1.54) is 0 Å². The molecule has 0 spiro atoms. The maximum Gasteiger partial charge on any atom is 0.258 e. The summed E-state index contributed by atoms with van der Waals surface area (Å²) in [5.41, 5.74) is 4.18. The van der Waals surface area contributed by atoms with Crippen molar-refractivity contribution in [1.29, 1.82) is 0 Å². The molecule has 0 saturated heterocycles. The average molecular weight is 373 g/mol. The molecule has 0 aliphatic rings. The van der Waals surface area contributed by atoms with Crippen LogP contribution in [0.4, 0.5) is 5.82 Å². The van der Waals surface area contributed by atoms with Gasteiger partial charge in [-0.15, -0.1) is 0 Å². The molecule has 1 amide bonds. The number of aryl methyl sites for hydroxylation is 1. The molecule has 142 valence electrons. The number of hydrogen-bond donors (Lipinski definition) is 1. The third-order valence-electron chi connectivity index (χ3n) is 4.62. The summed E-state index contributed by atoms with van der Waals surface area (Å²) in [4.78, 5) is 17.1. The lowest BCUT2D eigenvalue weighted by Crippen LogP contribution is -2.15. The Morgan fingerprint density at radius 1 is 1.11 bits per heavy atom. The van der Waals surface area contributed by atoms with Crippen LogP contribution in [0.5, 0.6) is 0 Å². The number of fused-ring (bicyclic) bond motifs is 1. The molecule has 4 aromatic rings. The van der Waals surface area contributed by atoms with Crippen molar-refractivity contribution in [2.75, 3.05) is 5.32 Å². The van der Waals surface area contributed by atoms with Gasteiger partial charge in [-0.1, -0.05) is 32.9 Å². The Morgan fingerprint density at radius 2 is 1.93 bits per heavy atom. The molecule has 0 bridgehead atoms. The number of nitrogens with one attached hydrogen (secondary N) is 1. The smallest absolute Gasteiger partial charge is 0.258 e. The molecule has 0 saturated carbocycles. The molecule has 4 rings (SSSR count). The minimum absolute atomic E-state index is 0.135. The Hall–Kier alpha value is -3.41. The first-order chi connectivity index (χ1) is 13.3. The van der Waals surface area contributed by atoms with Crippen molar-refractivity contribution >= 4 is 17.4 Å². The van der Waals surface area contributed by atoms with E-state index in [2.05, 4.69) is 31.1 Å². The number of hydrogen-bond acceptors (Lipinski definition) is 3. The first kappa shape index (κ1) is 18.0. The number of pyridine rings is 1. The predicted molar refractivity (Wildman–Crippen MR) is 110 cm³/mol. The highest BCUT2D eigenvalue weighted by molar-refractivity contribution is 6.04. The number of amides is 1. The van der Waals surface area contributed by atoms with Gasteiger partial charge < -0.3 is 9.72 Å². The van der Waals surface area contributed by atoms with Gasteiger partial charge in [0.25, 0.3) is 5.91 Å². The maximum atomic E-state index is 12.9. The maximum absolute atomic E-state index is 12.9. The van der Waals surface area contributed by atoms with E-state index in [0.29, 0.717) is 11.4 Å². The Morgan fingerprint density at radius 3 is 2.68 bits per heavy atom. The molecule has 6 nitrogen and oxygen atoms in total. The average Bonchev–Trinajstić information content (AvgIpc) is 3.27. The molecule has 0 aliphatic heterocycles. The monoisotopic (exact) mass is 373 g/mol. The van der Waals surface area contributed by atoms with Crippen molar-refractivity contribution in [2.24, 2.45) is 0 Å². The number of benzene rings is 1. The van der Waals surface area contributed by atoms with E-state index >= 15 is 0 Å². The number of carbonyl (C=O) groups is 1. The highest BCUT2D eigenvalue weighted by Gasteiger charge is 2.22. The van der Waals surface area contributed by atoms with Crippen LogP contribution in [0, 0.1) is 6.92 Å². The molecular weight excluding hydrogens is 350 g/mol. The summed E-state index contributed by atoms with van der Waals surface area (Å²) >= 11 is 0. The Balaban J connectivity index is 1.73. The predicted octanol–water partition coefficient (Wildman–Crippen LogP) is 4.38. The summed E-state index contributed by atoms with van der Waals surface area (Å²) in [5.74, 6) is 0.455. The largest absolute Gasteiger partial charge is 0.306 e. The molecule has 1 N–H and O–H groups in total. The number of rotatable bonds is 3. The summed E-state index contributed by atoms with van der Waals surface area (Å²) in [6.45, 7) is 8.35. The summed E-state index contributed by atoms with van der Waals surface area (Å²) in [7, 11) is 0. The number of anilines is 1. The Bertz CT molecular complexity index is 1160. The number of imidazole rings is 1. The Labute approximate surface area is 163 Å². The quantitative estimate of drug-likeness (QED) is 0.580. The van der Waals surface area contributed by atoms with E-state index in [-0.39, 0.29) is 11.3 Å². The van der Waals surface area contributed by atoms with Gasteiger partial charge in [0.05, 0.1) is 16.9 Å². The summed E-state index contributed by atoms with van der Waals surface area (Å²) in [5, 5.41) is 7.79. The van der Waals surface area contributed by atoms with Crippen LogP contribution in [0.25, 0.3) is 11.3 Å². The highest BCUT2D eigenvalue weighted by Crippen LogP contribution is 2.27. The molecule has 0 radical (unpaired) electrons. The molecule has 0 fully saturated rings. The second kappa shape index (κ2) is 6.64. The van der Waals surface area contributed by atoms with Crippen LogP contribution in [0.15, 0.2) is 61.1 Å². The highest BCUT2D eigenvalue weighted by atomic mass is 16.1. The fourth-order valence-corrected chi connectivity index (χ4v) is 3.04. The fourth-order valence-electron chi connectivity index (χ4n) is 3.04. The zero-order valence-corrected chi connectivity index (χ0v) is 16.5. The van der Waals surface area contributed by atoms with Crippen LogP contribution in [-0.4, -0.2) is 25.1 Å². The summed E-state index contributed by atoms with van der Waals surface area (Å²) in [6, 6.07) is 13.6. The van der Waals surface area contributed by atoms with Crippen molar-refractivity contribution in [3.05, 3.63) is 77.9 Å². The number of nitrogens with zero attached hydrogens (tertiary/aromatic N) is 4. The van der Waals surface area contributed by atoms with E-state index < -0.39 is 0 Å². The van der Waals surface area contributed by atoms with Crippen molar-refractivity contribution < 1.29 is 4.79 Å². The van der Waals surface area contributed by atoms with Gasteiger partial charge in [-0.3, -0.25) is 4.79 Å². The Kier molecular flexibility index (Phi) is 4.26. The molecule has 6 heteroatoms. The van der Waals surface area contributed by atoms with Crippen LogP contribution < -0.4 is 5.32 Å². The van der Waals surface area contributed by atoms with Gasteiger partial charge in [0.2, 0.25) is 0 Å². The van der Waals surface area contributed by atoms with Gasteiger partial charge in [-0.05, 0) is 36.8 Å². The summed E-state index contributed by atoms with van der Waals surface area (Å²) < 4.78 is 3.62. The third-order valence-corrected chi connectivity index (χ3v) is 4.62. The van der Waals surface area contributed by atoms with Crippen molar-refractivity contribution in [3.63, 3.8) is 0 Å². The van der Waals surface area contributed by atoms with E-state index in [4.69, 9.17) is 5.10 Å². The molecule has 0 atom stereocenters. The van der Waals surface area contributed by atoms with Crippen LogP contribution in [0.1, 0.15) is 42.4 Å². The minimum atomic E-state index is -0.190. The van der Waals surface area contributed by atoms with Gasteiger partial charge in [0.15, 0.2) is 0 Å². The second-order valence-corrected chi connectivity index (χ2v) is 7.98. The third kappa shape index (κ3) is 3.41. The molecular formula is C22H23N5O. The van der Waals surface area contributed by atoms with E-state index in [9.17, 15) is 4.79 Å². The zero-order chi connectivity index (χ0) is 19.9. The first-order valence-corrected chi connectivity index (χ1v) is 9.23. The van der Waals surface area contributed by atoms with Crippen LogP contribution in [-0.2, 0) is 5.41 Å². The van der Waals surface area contributed by atoms with E-state index in [0.717, 1.165) is 22.6 Å². The van der Waals surface area contributed by atoms with E-state index in [1.807, 2.05) is 53.9 Å². The number of aromatic nitrogens is 4. The minimum Gasteiger partial charge on any atom is -0.306 e. The van der Waals surface area contributed by atoms with Gasteiger partial charge in [0, 0.05) is 30.1 Å². The molecule has 3 aromatic heterocycles. The van der Waals surface area contributed by atoms with Crippen LogP contribution in [0.3, 0.4) is 0 Å². The normalized spacial score (nSPS) is 11.7. The van der Waals surface area contributed by atoms with E-state index in [1.54, 1.807) is 23.1 Å². The lowest BCUT2D eigenvalue weighted by molar-refractivity contribution is 0.102. The molecule has 0 aliphatic carbocycles. The van der Waals surface area contributed by atoms with Gasteiger partial charge >= 0.3 is 0 Å². The molecule has 1 aromatic carbocycles. The van der Waals surface area contributed by atoms with Crippen molar-refractivity contribution in [2.45, 2.75) is 33.1 Å². The van der Waals surface area contributed by atoms with Gasteiger partial charge in [-0.25, -0.2) is 9.67 Å². The van der Waals surface area contributed by atoms with Crippen molar-refractivity contribution in [3.8, 4) is 5.69 Å². The summed E-state index contributed by atoms with van der Waals surface area (Å²) in [6.07, 6.45) is 5.30.